The first kappa shape index (κ1) is 86.6. The summed E-state index contributed by atoms with van der Waals surface area (Å²) in [4.78, 5) is 136. The lowest BCUT2D eigenvalue weighted by Gasteiger charge is -2.32. The second-order valence-corrected chi connectivity index (χ2v) is 30.0. The number of halogens is 2. The van der Waals surface area contributed by atoms with Crippen LogP contribution in [0.15, 0.2) is 166 Å². The highest BCUT2D eigenvalue weighted by Crippen LogP contribution is 2.28. The molecule has 0 aromatic carbocycles. The third-order valence-electron chi connectivity index (χ3n) is 20.4. The van der Waals surface area contributed by atoms with Crippen LogP contribution in [0, 0.1) is 27.7 Å². The van der Waals surface area contributed by atoms with Gasteiger partial charge in [-0.2, -0.15) is 0 Å². The molecule has 2 aliphatic rings. The molecule has 16 aromatic heterocycles. The van der Waals surface area contributed by atoms with Gasteiger partial charge in [-0.1, -0.05) is 31.2 Å². The van der Waals surface area contributed by atoms with Crippen LogP contribution < -0.4 is 64.6 Å². The van der Waals surface area contributed by atoms with E-state index in [1.807, 2.05) is 61.5 Å². The largest absolute Gasteiger partial charge is 0.437 e. The van der Waals surface area contributed by atoms with E-state index < -0.39 is 6.43 Å². The van der Waals surface area contributed by atoms with Crippen molar-refractivity contribution in [2.75, 3.05) is 82.5 Å². The molecule has 0 saturated carbocycles. The van der Waals surface area contributed by atoms with E-state index in [0.29, 0.717) is 147 Å². The Morgan fingerprint density at radius 3 is 0.945 bits per heavy atom. The number of nitrogens with zero attached hydrogens (tertiary/aromatic N) is 23. The monoisotopic (exact) mass is 1730 g/mol. The lowest BCUT2D eigenvalue weighted by atomic mass is 10.2. The van der Waals surface area contributed by atoms with E-state index in [9.17, 15) is 28.0 Å². The molecule has 2 saturated heterocycles. The van der Waals surface area contributed by atoms with Gasteiger partial charge >= 0.3 is 22.8 Å². The lowest BCUT2D eigenvalue weighted by molar-refractivity contribution is 0.0336. The number of likely N-dealkylation sites (N-methyl/N-ethyl adjacent to an activating group) is 1. The number of nitrogens with two attached hydrogens (primary N) is 4. The number of rotatable bonds is 25. The van der Waals surface area contributed by atoms with Crippen molar-refractivity contribution < 1.29 is 32.5 Å². The van der Waals surface area contributed by atoms with E-state index in [-0.39, 0.29) is 59.0 Å². The number of anilines is 4. The van der Waals surface area contributed by atoms with Crippen LogP contribution in [0.2, 0.25) is 0 Å². The van der Waals surface area contributed by atoms with Gasteiger partial charge in [0.05, 0.1) is 75.6 Å². The highest BCUT2D eigenvalue weighted by molar-refractivity contribution is 5.84. The Bertz CT molecular complexity index is 6720. The molecule has 12 N–H and O–H groups in total. The lowest BCUT2D eigenvalue weighted by Crippen LogP contribution is -2.43. The van der Waals surface area contributed by atoms with E-state index in [2.05, 4.69) is 121 Å². The Balaban J connectivity index is 0.000000131. The molecule has 0 amide bonds. The second kappa shape index (κ2) is 39.5. The maximum atomic E-state index is 12.4. The number of pyridine rings is 8. The maximum absolute atomic E-state index is 12.4. The Hall–Kier alpha value is -15.3. The summed E-state index contributed by atoms with van der Waals surface area (Å²) < 4.78 is 58.9. The van der Waals surface area contributed by atoms with E-state index in [0.717, 1.165) is 117 Å². The summed E-state index contributed by atoms with van der Waals surface area (Å²) in [5, 5.41) is 0. The topological polar surface area (TPSA) is 517 Å². The molecule has 654 valence electrons. The van der Waals surface area contributed by atoms with Crippen LogP contribution in [0.25, 0.3) is 44.7 Å². The maximum Gasteiger partial charge on any atom is 0.328 e. The number of nitrogen functional groups attached to an aromatic ring is 4. The highest BCUT2D eigenvalue weighted by Gasteiger charge is 2.22. The fourth-order valence-corrected chi connectivity index (χ4v) is 13.8. The Kier molecular flexibility index (Phi) is 26.9. The van der Waals surface area contributed by atoms with Gasteiger partial charge in [-0.05, 0) is 125 Å². The van der Waals surface area contributed by atoms with E-state index >= 15 is 0 Å². The zero-order chi connectivity index (χ0) is 88.8. The Morgan fingerprint density at radius 1 is 0.370 bits per heavy atom. The van der Waals surface area contributed by atoms with Crippen molar-refractivity contribution >= 4 is 67.9 Å². The second-order valence-electron chi connectivity index (χ2n) is 30.0. The van der Waals surface area contributed by atoms with Crippen LogP contribution in [0.1, 0.15) is 88.1 Å². The summed E-state index contributed by atoms with van der Waals surface area (Å²) >= 11 is 0. The number of hydrogen-bond donors (Lipinski definition) is 8. The molecule has 16 aromatic rings. The van der Waals surface area contributed by atoms with Gasteiger partial charge in [0.25, 0.3) is 0 Å². The Labute approximate surface area is 721 Å². The minimum absolute atomic E-state index is 0.138. The van der Waals surface area contributed by atoms with Gasteiger partial charge in [0.15, 0.2) is 45.9 Å². The third kappa shape index (κ3) is 22.2. The number of nitrogens with one attached hydrogen (secondary N) is 4. The van der Waals surface area contributed by atoms with Crippen molar-refractivity contribution in [1.82, 2.24) is 133 Å². The number of H-pyrrole nitrogens is 4. The van der Waals surface area contributed by atoms with Crippen LogP contribution in [-0.2, 0) is 56.8 Å². The fourth-order valence-electron chi connectivity index (χ4n) is 13.8. The standard InChI is InChI=1S/C23H27N9O2.C22H24N8O3.C21H21F2N7O2.C19H19N7O2/c1-15-27-21(24)20-22(28-15)32(23(33)29-20)13-16-3-6-19(26-11-16)34-18-5-4-17(25-12-18)14-31-9-7-30(2)8-10-31;1-14-26-20(23)19-21(27-14)30(22(31)28-19)12-15-2-5-18(25-10-15)33-17-4-3-16(24-11-17)13-29-6-8-32-9-7-29;1-12-27-19(24)18-20(28-12)30(21(31)29-18)11-13-5-8-17(26-9-13)32-15-7-6-14(25-10-15)3-2-4-16(22)23;1-3-13-5-6-14(9-21-13)28-15-7-4-12(8-22-15)10-26-18-16(25-19(26)27)17(20)23-11(2)24-18/h3-6,11-12H,7-10,13-14H2,1-2H3,(H,29,33)(H2,24,27,28);2-5,10-11H,6-9,12-13H2,1H3,(H,28,31)(H2,23,26,27);5-10,16H,2-4,11H2,1H3,(H,29,31)(H2,24,27,28);4-9H,3,10H2,1-2H3,(H,25,27)(H2,20,23,24). The van der Waals surface area contributed by atoms with Crippen molar-refractivity contribution in [3.05, 3.63) is 257 Å². The van der Waals surface area contributed by atoms with Gasteiger partial charge < -0.3 is 71.5 Å². The van der Waals surface area contributed by atoms with Crippen molar-refractivity contribution in [1.29, 1.82) is 0 Å². The summed E-state index contributed by atoms with van der Waals surface area (Å²) in [5.74, 6) is 6.98. The summed E-state index contributed by atoms with van der Waals surface area (Å²) in [6, 6.07) is 29.3. The average Bonchev–Trinajstić information content (AvgIpc) is 1.65. The van der Waals surface area contributed by atoms with Crippen molar-refractivity contribution in [2.45, 2.75) is 106 Å². The minimum Gasteiger partial charge on any atom is -0.437 e. The molecular formula is C85H91F2N31O9. The van der Waals surface area contributed by atoms with Gasteiger partial charge in [0.1, 0.15) is 68.4 Å². The zero-order valence-corrected chi connectivity index (χ0v) is 70.2. The van der Waals surface area contributed by atoms with Crippen molar-refractivity contribution in [2.24, 2.45) is 0 Å². The number of aromatic nitrogens is 24. The number of ether oxygens (including phenoxy) is 5. The number of fused-ring (bicyclic) bond motifs is 4. The van der Waals surface area contributed by atoms with E-state index in [4.69, 9.17) is 46.6 Å². The first-order chi connectivity index (χ1) is 61.4. The van der Waals surface area contributed by atoms with Crippen LogP contribution >= 0.6 is 0 Å². The SMILES string of the molecule is CCc1ccc(Oc2ccc(Cn3c(=O)[nH]c4c(N)nc(C)nc43)cn2)cn1.Cc1nc(N)c2[nH]c(=O)n(Cc3ccc(Oc4ccc(CCCC(F)F)nc4)nc3)c2n1.Cc1nc(N)c2[nH]c(=O)n(Cc3ccc(Oc4ccc(CN5CCN(C)CC5)nc4)nc3)c2n1.Cc1nc(N)c2[nH]c(=O)n(Cc3ccc(Oc4ccc(CN5CCOCC5)nc4)nc3)c2n1. The molecule has 0 atom stereocenters. The van der Waals surface area contributed by atoms with Crippen LogP contribution in [-0.4, -0.2) is 199 Å². The van der Waals surface area contributed by atoms with Crippen molar-refractivity contribution in [3.63, 3.8) is 0 Å². The quantitative estimate of drug-likeness (QED) is 0.0266. The first-order valence-corrected chi connectivity index (χ1v) is 40.6. The van der Waals surface area contributed by atoms with E-state index in [1.54, 1.807) is 114 Å². The number of hydrogen-bond acceptors (Lipinski definition) is 32. The highest BCUT2D eigenvalue weighted by atomic mass is 19.3. The number of aryl methyl sites for hydroxylation is 6. The van der Waals surface area contributed by atoms with Gasteiger partial charge in [-0.3, -0.25) is 48.0 Å². The predicted molar refractivity (Wildman–Crippen MR) is 467 cm³/mol. The van der Waals surface area contributed by atoms with Crippen LogP contribution in [0.3, 0.4) is 0 Å². The molecule has 127 heavy (non-hydrogen) atoms. The molecule has 18 heterocycles. The smallest absolute Gasteiger partial charge is 0.328 e. The summed E-state index contributed by atoms with van der Waals surface area (Å²) in [6.07, 6.45) is 12.5. The zero-order valence-electron chi connectivity index (χ0n) is 70.2. The van der Waals surface area contributed by atoms with Gasteiger partial charge in [0.2, 0.25) is 29.9 Å². The van der Waals surface area contributed by atoms with Gasteiger partial charge in [-0.25, -0.2) is 87.8 Å². The molecule has 2 fully saturated rings. The molecule has 0 radical (unpaired) electrons. The van der Waals surface area contributed by atoms with Crippen LogP contribution in [0.4, 0.5) is 32.1 Å². The molecule has 18 rings (SSSR count). The molecule has 42 heteroatoms. The first-order valence-electron chi connectivity index (χ1n) is 40.6. The molecule has 0 aliphatic carbocycles. The molecular weight excluding hydrogens is 1640 g/mol. The molecule has 40 nitrogen and oxygen atoms in total. The van der Waals surface area contributed by atoms with Crippen molar-refractivity contribution in [3.8, 4) is 46.5 Å². The number of imidazole rings is 4. The summed E-state index contributed by atoms with van der Waals surface area (Å²) in [7, 11) is 2.15. The van der Waals surface area contributed by atoms with Gasteiger partial charge in [0, 0.05) is 119 Å². The number of piperazine rings is 1. The number of morpholine rings is 1. The average molecular weight is 1730 g/mol. The molecule has 0 bridgehead atoms. The molecule has 0 spiro atoms. The number of aromatic amines is 4. The molecule has 2 aliphatic heterocycles. The minimum atomic E-state index is -2.29. The van der Waals surface area contributed by atoms with Gasteiger partial charge in [-0.15, -0.1) is 0 Å². The molecule has 0 unspecified atom stereocenters. The van der Waals surface area contributed by atoms with Crippen LogP contribution in [0.5, 0.6) is 46.5 Å². The fraction of sp³-hybridized carbons (Fsp3) is 0.294. The number of alkyl halides is 2. The predicted octanol–water partition coefficient (Wildman–Crippen LogP) is 8.29. The summed E-state index contributed by atoms with van der Waals surface area (Å²) in [5.41, 5.74) is 32.8. The Morgan fingerprint density at radius 2 is 0.669 bits per heavy atom. The third-order valence-corrected chi connectivity index (χ3v) is 20.4. The normalized spacial score (nSPS) is 13.1. The van der Waals surface area contributed by atoms with E-state index in [1.165, 1.54) is 24.5 Å². The summed E-state index contributed by atoms with van der Waals surface area (Å²) in [6.45, 7) is 19.3.